The van der Waals surface area contributed by atoms with Crippen molar-refractivity contribution in [3.63, 3.8) is 0 Å². The highest BCUT2D eigenvalue weighted by atomic mass is 35.5. The number of ether oxygens (including phenoxy) is 1. The third kappa shape index (κ3) is 3.31. The summed E-state index contributed by atoms with van der Waals surface area (Å²) in [5.41, 5.74) is 2.97. The van der Waals surface area contributed by atoms with Crippen LogP contribution in [0.4, 0.5) is 4.39 Å². The first kappa shape index (κ1) is 24.8. The molecule has 2 bridgehead atoms. The number of hydrogen-bond acceptors (Lipinski definition) is 5. The Labute approximate surface area is 227 Å². The molecule has 0 unspecified atom stereocenters. The number of amides is 2. The zero-order valence-corrected chi connectivity index (χ0v) is 21.3. The third-order valence-electron chi connectivity index (χ3n) is 7.75. The number of hydrogen-bond donors (Lipinski definition) is 0. The Balaban J connectivity index is 1.23. The van der Waals surface area contributed by atoms with Gasteiger partial charge in [-0.25, -0.2) is 4.39 Å². The van der Waals surface area contributed by atoms with E-state index in [9.17, 15) is 23.6 Å². The number of esters is 1. The Hall–Kier alpha value is -3.55. The van der Waals surface area contributed by atoms with Gasteiger partial charge in [0.2, 0.25) is 11.8 Å². The fraction of sp³-hybridized carbons (Fsp3) is 0.241. The van der Waals surface area contributed by atoms with E-state index in [0.717, 1.165) is 17.0 Å². The summed E-state index contributed by atoms with van der Waals surface area (Å²) >= 11 is 14.7. The molecule has 6 nitrogen and oxygen atoms in total. The Morgan fingerprint density at radius 1 is 0.789 bits per heavy atom. The number of Topliss-reactive ketones (excluding diaryl/α,β-unsaturated/α-hetero) is 1. The summed E-state index contributed by atoms with van der Waals surface area (Å²) < 4.78 is 18.1. The SMILES string of the molecule is O=C(CCN1C(=O)[C@H]2[C@H](C1=O)C1(Cl)c3ccccc3C2(Cl)c2ccccc21)OCC(=O)c1ccc(F)cc1. The topological polar surface area (TPSA) is 80.8 Å². The van der Waals surface area contributed by atoms with Gasteiger partial charge in [0, 0.05) is 12.1 Å². The minimum absolute atomic E-state index is 0.197. The van der Waals surface area contributed by atoms with E-state index in [-0.39, 0.29) is 18.5 Å². The molecule has 0 aromatic heterocycles. The summed E-state index contributed by atoms with van der Waals surface area (Å²) in [7, 11) is 0. The molecule has 3 aromatic rings. The lowest BCUT2D eigenvalue weighted by atomic mass is 9.54. The minimum atomic E-state index is -1.29. The van der Waals surface area contributed by atoms with E-state index in [4.69, 9.17) is 27.9 Å². The molecule has 1 aliphatic heterocycles. The number of likely N-dealkylation sites (tertiary alicyclic amines) is 1. The average molecular weight is 552 g/mol. The molecule has 2 atom stereocenters. The van der Waals surface area contributed by atoms with Gasteiger partial charge in [-0.15, -0.1) is 23.2 Å². The van der Waals surface area contributed by atoms with E-state index in [1.54, 1.807) is 0 Å². The number of nitrogens with zero attached hydrogens (tertiary/aromatic N) is 1. The normalized spacial score (nSPS) is 26.6. The Kier molecular flexibility index (Phi) is 5.70. The predicted molar refractivity (Wildman–Crippen MR) is 136 cm³/mol. The molecule has 0 N–H and O–H groups in total. The number of halogens is 3. The number of alkyl halides is 2. The maximum Gasteiger partial charge on any atom is 0.308 e. The van der Waals surface area contributed by atoms with Gasteiger partial charge < -0.3 is 4.74 Å². The summed E-state index contributed by atoms with van der Waals surface area (Å²) in [4.78, 5) is 50.5. The summed E-state index contributed by atoms with van der Waals surface area (Å²) in [6.45, 7) is -0.779. The third-order valence-corrected chi connectivity index (χ3v) is 9.03. The first-order valence-corrected chi connectivity index (χ1v) is 12.8. The van der Waals surface area contributed by atoms with Gasteiger partial charge in [-0.05, 0) is 46.5 Å². The van der Waals surface area contributed by atoms with Gasteiger partial charge in [0.25, 0.3) is 0 Å². The molecule has 0 saturated carbocycles. The second kappa shape index (κ2) is 8.75. The van der Waals surface area contributed by atoms with Crippen molar-refractivity contribution in [3.05, 3.63) is 106 Å². The molecule has 9 heteroatoms. The number of carbonyl (C=O) groups is 4. The van der Waals surface area contributed by atoms with Gasteiger partial charge >= 0.3 is 5.97 Å². The van der Waals surface area contributed by atoms with Crippen LogP contribution < -0.4 is 0 Å². The largest absolute Gasteiger partial charge is 0.457 e. The van der Waals surface area contributed by atoms with Gasteiger partial charge in [0.05, 0.1) is 18.3 Å². The number of imide groups is 1. The van der Waals surface area contributed by atoms with Gasteiger partial charge in [0.15, 0.2) is 12.4 Å². The quantitative estimate of drug-likeness (QED) is 0.194. The van der Waals surface area contributed by atoms with Crippen LogP contribution >= 0.6 is 23.2 Å². The molecular weight excluding hydrogens is 532 g/mol. The standard InChI is InChI=1S/C29H20Cl2FNO5/c30-28-18-5-1-2-6-19(18)29(31,21-8-4-3-7-20(21)28)25-24(28)26(36)33(27(25)37)14-13-23(35)38-15-22(34)16-9-11-17(32)12-10-16/h1-12,24-25H,13-15H2/t24-,25-,28?,29?/m1/s1. The molecule has 7 rings (SSSR count). The van der Waals surface area contributed by atoms with Crippen LogP contribution in [0.15, 0.2) is 72.8 Å². The maximum absolute atomic E-state index is 13.7. The lowest BCUT2D eigenvalue weighted by molar-refractivity contribution is -0.145. The molecule has 4 aliphatic rings. The second-order valence-electron chi connectivity index (χ2n) is 9.64. The van der Waals surface area contributed by atoms with Gasteiger partial charge in [-0.2, -0.15) is 0 Å². The van der Waals surface area contributed by atoms with Gasteiger partial charge in [-0.3, -0.25) is 24.1 Å². The monoisotopic (exact) mass is 551 g/mol. The molecule has 2 amide bonds. The highest BCUT2D eigenvalue weighted by Gasteiger charge is 2.72. The first-order valence-electron chi connectivity index (χ1n) is 12.1. The number of ketones is 1. The Bertz CT molecular complexity index is 1400. The van der Waals surface area contributed by atoms with Crippen LogP contribution in [0.1, 0.15) is 39.0 Å². The highest BCUT2D eigenvalue weighted by Crippen LogP contribution is 2.69. The molecule has 0 spiro atoms. The minimum Gasteiger partial charge on any atom is -0.457 e. The van der Waals surface area contributed by atoms with Crippen molar-refractivity contribution in [3.8, 4) is 0 Å². The van der Waals surface area contributed by atoms with E-state index in [1.807, 2.05) is 48.5 Å². The van der Waals surface area contributed by atoms with Crippen molar-refractivity contribution in [1.82, 2.24) is 4.90 Å². The van der Waals surface area contributed by atoms with Crippen molar-refractivity contribution in [2.45, 2.75) is 16.2 Å². The molecule has 3 aromatic carbocycles. The van der Waals surface area contributed by atoms with Crippen LogP contribution in [0.3, 0.4) is 0 Å². The molecule has 3 aliphatic carbocycles. The molecule has 1 heterocycles. The van der Waals surface area contributed by atoms with Crippen molar-refractivity contribution < 1.29 is 28.3 Å². The fourth-order valence-electron chi connectivity index (χ4n) is 6.09. The van der Waals surface area contributed by atoms with Crippen LogP contribution in [-0.2, 0) is 28.9 Å². The van der Waals surface area contributed by atoms with Crippen molar-refractivity contribution in [2.24, 2.45) is 11.8 Å². The van der Waals surface area contributed by atoms with Gasteiger partial charge in [-0.1, -0.05) is 48.5 Å². The molecular formula is C29H20Cl2FNO5. The second-order valence-corrected chi connectivity index (χ2v) is 10.8. The van der Waals surface area contributed by atoms with E-state index in [1.165, 1.54) is 12.1 Å². The summed E-state index contributed by atoms with van der Waals surface area (Å²) in [6.07, 6.45) is -0.307. The number of rotatable bonds is 6. The van der Waals surface area contributed by atoms with Crippen LogP contribution in [0, 0.1) is 17.7 Å². The van der Waals surface area contributed by atoms with Crippen molar-refractivity contribution in [1.29, 1.82) is 0 Å². The summed E-state index contributed by atoms with van der Waals surface area (Å²) in [5, 5.41) is 0. The summed E-state index contributed by atoms with van der Waals surface area (Å²) in [5.74, 6) is -4.65. The molecule has 192 valence electrons. The van der Waals surface area contributed by atoms with Crippen LogP contribution in [0.25, 0.3) is 0 Å². The molecule has 1 saturated heterocycles. The van der Waals surface area contributed by atoms with E-state index < -0.39 is 57.6 Å². The van der Waals surface area contributed by atoms with E-state index in [0.29, 0.717) is 22.3 Å². The summed E-state index contributed by atoms with van der Waals surface area (Å²) in [6, 6.07) is 19.5. The van der Waals surface area contributed by atoms with E-state index in [2.05, 4.69) is 0 Å². The van der Waals surface area contributed by atoms with Crippen LogP contribution in [0.5, 0.6) is 0 Å². The highest BCUT2D eigenvalue weighted by molar-refractivity contribution is 6.36. The Morgan fingerprint density at radius 3 is 1.68 bits per heavy atom. The zero-order chi connectivity index (χ0) is 26.8. The van der Waals surface area contributed by atoms with Crippen molar-refractivity contribution in [2.75, 3.05) is 13.2 Å². The van der Waals surface area contributed by atoms with Gasteiger partial charge in [0.1, 0.15) is 15.6 Å². The predicted octanol–water partition coefficient (Wildman–Crippen LogP) is 4.53. The van der Waals surface area contributed by atoms with E-state index >= 15 is 0 Å². The fourth-order valence-corrected chi connectivity index (χ4v) is 7.18. The first-order chi connectivity index (χ1) is 18.2. The lowest BCUT2D eigenvalue weighted by Gasteiger charge is -2.54. The number of carbonyl (C=O) groups excluding carboxylic acids is 4. The molecule has 1 fully saturated rings. The molecule has 38 heavy (non-hydrogen) atoms. The average Bonchev–Trinajstić information content (AvgIpc) is 3.19. The van der Waals surface area contributed by atoms with Crippen LogP contribution in [0.2, 0.25) is 0 Å². The maximum atomic E-state index is 13.7. The number of benzene rings is 3. The zero-order valence-electron chi connectivity index (χ0n) is 19.8. The van der Waals surface area contributed by atoms with Crippen molar-refractivity contribution >= 4 is 46.8 Å². The Morgan fingerprint density at radius 2 is 1.24 bits per heavy atom. The smallest absolute Gasteiger partial charge is 0.308 e. The molecule has 0 radical (unpaired) electrons. The van der Waals surface area contributed by atoms with Crippen LogP contribution in [-0.4, -0.2) is 41.6 Å². The lowest BCUT2D eigenvalue weighted by Crippen LogP contribution is -2.57.